The molecule has 3 heteroatoms. The van der Waals surface area contributed by atoms with Crippen LogP contribution >= 0.6 is 0 Å². The molecule has 0 amide bonds. The zero-order valence-corrected chi connectivity index (χ0v) is 40.5. The molecule has 0 saturated carbocycles. The molecule has 2 nitrogen and oxygen atoms in total. The minimum Gasteiger partial charge on any atom is -0.311 e. The molecule has 2 aliphatic heterocycles. The van der Waals surface area contributed by atoms with Gasteiger partial charge in [0.1, 0.15) is 0 Å². The topological polar surface area (TPSA) is 6.48 Å². The molecule has 9 aromatic rings. The molecule has 0 fully saturated rings. The van der Waals surface area contributed by atoms with Gasteiger partial charge < -0.3 is 9.80 Å². The van der Waals surface area contributed by atoms with Gasteiger partial charge in [0.25, 0.3) is 6.71 Å². The van der Waals surface area contributed by atoms with Crippen LogP contribution in [0.4, 0.5) is 34.1 Å². The van der Waals surface area contributed by atoms with Crippen molar-refractivity contribution in [1.82, 2.24) is 0 Å². The third-order valence-electron chi connectivity index (χ3n) is 15.2. The van der Waals surface area contributed by atoms with Gasteiger partial charge in [0, 0.05) is 39.4 Å². The maximum absolute atomic E-state index is 2.68. The second-order valence-corrected chi connectivity index (χ2v) is 21.8. The smallest absolute Gasteiger partial charge is 0.252 e. The van der Waals surface area contributed by atoms with Crippen molar-refractivity contribution < 1.29 is 0 Å². The number of hydrogen-bond acceptors (Lipinski definition) is 2. The van der Waals surface area contributed by atoms with Crippen LogP contribution in [0.3, 0.4) is 0 Å². The van der Waals surface area contributed by atoms with E-state index in [0.29, 0.717) is 0 Å². The highest BCUT2D eigenvalue weighted by atomic mass is 15.2. The lowest BCUT2D eigenvalue weighted by molar-refractivity contribution is 0.590. The first-order chi connectivity index (χ1) is 32.8. The minimum absolute atomic E-state index is 0.0249. The Labute approximate surface area is 403 Å². The third kappa shape index (κ3) is 6.61. The largest absolute Gasteiger partial charge is 0.311 e. The van der Waals surface area contributed by atoms with Crippen LogP contribution in [0.1, 0.15) is 77.6 Å². The van der Waals surface area contributed by atoms with Crippen molar-refractivity contribution in [2.24, 2.45) is 0 Å². The van der Waals surface area contributed by atoms with Crippen LogP contribution in [-0.4, -0.2) is 6.71 Å². The Morgan fingerprint density at radius 2 is 0.897 bits per heavy atom. The summed E-state index contributed by atoms with van der Waals surface area (Å²) in [5.41, 5.74) is 26.2. The maximum atomic E-state index is 2.68. The maximum Gasteiger partial charge on any atom is 0.252 e. The number of rotatable bonds is 5. The molecule has 12 rings (SSSR count). The van der Waals surface area contributed by atoms with E-state index < -0.39 is 0 Å². The van der Waals surface area contributed by atoms with Crippen molar-refractivity contribution in [3.05, 3.63) is 222 Å². The lowest BCUT2D eigenvalue weighted by Crippen LogP contribution is -2.61. The van der Waals surface area contributed by atoms with Crippen molar-refractivity contribution in [2.75, 3.05) is 9.80 Å². The van der Waals surface area contributed by atoms with Gasteiger partial charge in [0.2, 0.25) is 0 Å². The van der Waals surface area contributed by atoms with Gasteiger partial charge in [-0.2, -0.15) is 0 Å². The normalized spacial score (nSPS) is 14.2. The summed E-state index contributed by atoms with van der Waals surface area (Å²) >= 11 is 0. The first kappa shape index (κ1) is 42.0. The first-order valence-electron chi connectivity index (χ1n) is 24.4. The Kier molecular flexibility index (Phi) is 9.48. The summed E-state index contributed by atoms with van der Waals surface area (Å²) in [6.45, 7) is 18.9. The molecule has 0 radical (unpaired) electrons. The first-order valence-corrected chi connectivity index (χ1v) is 24.4. The fourth-order valence-corrected chi connectivity index (χ4v) is 11.4. The van der Waals surface area contributed by atoms with Crippen LogP contribution < -0.4 is 26.2 Å². The van der Waals surface area contributed by atoms with Gasteiger partial charge in [0.15, 0.2) is 0 Å². The highest BCUT2D eigenvalue weighted by molar-refractivity contribution is 7.00. The van der Waals surface area contributed by atoms with Gasteiger partial charge in [-0.05, 0) is 137 Å². The number of benzene rings is 9. The Morgan fingerprint density at radius 3 is 1.54 bits per heavy atom. The summed E-state index contributed by atoms with van der Waals surface area (Å²) in [6.07, 6.45) is 0. The highest BCUT2D eigenvalue weighted by Crippen LogP contribution is 2.55. The minimum atomic E-state index is -0.188. The quantitative estimate of drug-likeness (QED) is 0.159. The van der Waals surface area contributed by atoms with Crippen molar-refractivity contribution in [3.63, 3.8) is 0 Å². The average Bonchev–Trinajstić information content (AvgIpc) is 3.58. The van der Waals surface area contributed by atoms with E-state index in [9.17, 15) is 0 Å². The van der Waals surface area contributed by atoms with Crippen molar-refractivity contribution in [2.45, 2.75) is 71.6 Å². The van der Waals surface area contributed by atoms with Gasteiger partial charge in [-0.25, -0.2) is 0 Å². The zero-order chi connectivity index (χ0) is 46.7. The second-order valence-electron chi connectivity index (χ2n) is 21.8. The molecule has 0 spiro atoms. The van der Waals surface area contributed by atoms with Crippen LogP contribution in [0.5, 0.6) is 0 Å². The summed E-state index contributed by atoms with van der Waals surface area (Å²) < 4.78 is 0. The van der Waals surface area contributed by atoms with Gasteiger partial charge >= 0.3 is 0 Å². The second kappa shape index (κ2) is 15.3. The average molecular weight is 877 g/mol. The summed E-state index contributed by atoms with van der Waals surface area (Å²) in [5, 5.41) is 0. The standard InChI is InChI=1S/C65H57BN2/c1-63(2,3)47-31-34-55-59(37-47)68(58-41-54-52(40-51(58)45-24-16-11-17-25-45)50-26-18-19-27-53(50)65(54,7)8)61-39-48(64(4,5)6)38-60-62(61)66(55)56-36-46(43-22-14-10-15-23-43)30-35-57(56)67(60)49-32-28-44(29-33-49)42-20-12-9-13-21-42/h9-41H,1-8H3. The van der Waals surface area contributed by atoms with Crippen LogP contribution in [-0.2, 0) is 16.2 Å². The fourth-order valence-electron chi connectivity index (χ4n) is 11.4. The zero-order valence-electron chi connectivity index (χ0n) is 40.5. The Balaban J connectivity index is 1.20. The van der Waals surface area contributed by atoms with Gasteiger partial charge in [-0.3, -0.25) is 0 Å². The number of fused-ring (bicyclic) bond motifs is 7. The molecular formula is C65H57BN2. The summed E-state index contributed by atoms with van der Waals surface area (Å²) in [5.74, 6) is 0. The molecule has 3 aliphatic rings. The summed E-state index contributed by atoms with van der Waals surface area (Å²) in [4.78, 5) is 5.25. The molecular weight excluding hydrogens is 820 g/mol. The summed E-state index contributed by atoms with van der Waals surface area (Å²) in [7, 11) is 0. The van der Waals surface area contributed by atoms with Gasteiger partial charge in [-0.1, -0.05) is 207 Å². The number of hydrogen-bond donors (Lipinski definition) is 0. The van der Waals surface area contributed by atoms with E-state index in [1.807, 2.05) is 0 Å². The Bertz CT molecular complexity index is 3430. The molecule has 330 valence electrons. The monoisotopic (exact) mass is 876 g/mol. The molecule has 0 aromatic heterocycles. The Hall–Kier alpha value is -7.36. The predicted molar refractivity (Wildman–Crippen MR) is 292 cm³/mol. The summed E-state index contributed by atoms with van der Waals surface area (Å²) in [6, 6.07) is 75.7. The SMILES string of the molecule is CC(C)(C)c1ccc2c(c1)N(c1cc3c(cc1-c1ccccc1)-c1ccccc1C3(C)C)c1cc(C(C)(C)C)cc3c1B2c1cc(-c2ccccc2)ccc1N3c1ccc(-c2ccccc2)cc1. The van der Waals surface area contributed by atoms with E-state index in [0.717, 1.165) is 5.69 Å². The van der Waals surface area contributed by atoms with E-state index in [2.05, 4.69) is 265 Å². The van der Waals surface area contributed by atoms with Crippen molar-refractivity contribution in [3.8, 4) is 44.5 Å². The molecule has 68 heavy (non-hydrogen) atoms. The van der Waals surface area contributed by atoms with Crippen molar-refractivity contribution in [1.29, 1.82) is 0 Å². The van der Waals surface area contributed by atoms with Crippen LogP contribution in [0, 0.1) is 0 Å². The molecule has 0 bridgehead atoms. The number of nitrogens with zero attached hydrogens (tertiary/aromatic N) is 2. The number of anilines is 6. The Morgan fingerprint density at radius 1 is 0.353 bits per heavy atom. The lowest BCUT2D eigenvalue weighted by Gasteiger charge is -2.46. The molecule has 0 atom stereocenters. The third-order valence-corrected chi connectivity index (χ3v) is 15.2. The van der Waals surface area contributed by atoms with Crippen LogP contribution in [0.15, 0.2) is 200 Å². The van der Waals surface area contributed by atoms with E-state index in [1.54, 1.807) is 0 Å². The highest BCUT2D eigenvalue weighted by Gasteiger charge is 2.46. The van der Waals surface area contributed by atoms with Gasteiger partial charge in [-0.15, -0.1) is 0 Å². The molecule has 9 aromatic carbocycles. The van der Waals surface area contributed by atoms with E-state index in [-0.39, 0.29) is 23.0 Å². The van der Waals surface area contributed by atoms with E-state index in [1.165, 1.54) is 112 Å². The molecule has 0 N–H and O–H groups in total. The van der Waals surface area contributed by atoms with Crippen LogP contribution in [0.25, 0.3) is 44.5 Å². The lowest BCUT2D eigenvalue weighted by atomic mass is 9.33. The van der Waals surface area contributed by atoms with E-state index >= 15 is 0 Å². The predicted octanol–water partition coefficient (Wildman–Crippen LogP) is 15.7. The molecule has 2 heterocycles. The van der Waals surface area contributed by atoms with Crippen molar-refractivity contribution >= 4 is 57.2 Å². The fraction of sp³-hybridized carbons (Fsp3) is 0.169. The molecule has 0 saturated heterocycles. The van der Waals surface area contributed by atoms with Gasteiger partial charge in [0.05, 0.1) is 5.69 Å². The van der Waals surface area contributed by atoms with Crippen LogP contribution in [0.2, 0.25) is 0 Å². The molecule has 0 unspecified atom stereocenters. The van der Waals surface area contributed by atoms with E-state index in [4.69, 9.17) is 0 Å². The molecule has 1 aliphatic carbocycles.